The normalized spacial score (nSPS) is 16.0. The average Bonchev–Trinajstić information content (AvgIpc) is 2.62. The van der Waals surface area contributed by atoms with Crippen molar-refractivity contribution in [3.8, 4) is 0 Å². The maximum Gasteiger partial charge on any atom is 0.227 e. The Morgan fingerprint density at radius 1 is 1.21 bits per heavy atom. The van der Waals surface area contributed by atoms with Crippen LogP contribution >= 0.6 is 0 Å². The van der Waals surface area contributed by atoms with Crippen LogP contribution in [0.3, 0.4) is 0 Å². The first-order valence-corrected chi connectivity index (χ1v) is 8.53. The molecular formula is C18H25N5O. The predicted molar refractivity (Wildman–Crippen MR) is 95.3 cm³/mol. The lowest BCUT2D eigenvalue weighted by Crippen LogP contribution is -2.31. The van der Waals surface area contributed by atoms with Crippen molar-refractivity contribution < 1.29 is 4.74 Å². The van der Waals surface area contributed by atoms with Crippen molar-refractivity contribution in [1.29, 1.82) is 0 Å². The van der Waals surface area contributed by atoms with Crippen molar-refractivity contribution in [3.63, 3.8) is 0 Å². The van der Waals surface area contributed by atoms with Crippen LogP contribution in [0.1, 0.15) is 36.7 Å². The summed E-state index contributed by atoms with van der Waals surface area (Å²) in [6.45, 7) is 4.60. The van der Waals surface area contributed by atoms with Gasteiger partial charge < -0.3 is 15.0 Å². The van der Waals surface area contributed by atoms with Gasteiger partial charge in [-0.15, -0.1) is 0 Å². The number of pyridine rings is 1. The monoisotopic (exact) mass is 327 g/mol. The molecule has 2 aromatic heterocycles. The van der Waals surface area contributed by atoms with E-state index < -0.39 is 0 Å². The number of anilines is 2. The van der Waals surface area contributed by atoms with E-state index in [1.54, 1.807) is 13.3 Å². The Labute approximate surface area is 143 Å². The van der Waals surface area contributed by atoms with Crippen LogP contribution in [0.5, 0.6) is 0 Å². The molecule has 1 aliphatic rings. The number of piperidine rings is 1. The van der Waals surface area contributed by atoms with Gasteiger partial charge in [0.25, 0.3) is 0 Å². The molecule has 0 radical (unpaired) electrons. The summed E-state index contributed by atoms with van der Waals surface area (Å²) in [5, 5.41) is 3.45. The van der Waals surface area contributed by atoms with Gasteiger partial charge >= 0.3 is 0 Å². The van der Waals surface area contributed by atoms with E-state index in [9.17, 15) is 0 Å². The summed E-state index contributed by atoms with van der Waals surface area (Å²) in [7, 11) is 1.70. The summed E-state index contributed by atoms with van der Waals surface area (Å²) in [6.07, 6.45) is 5.51. The molecule has 1 saturated heterocycles. The maximum atomic E-state index is 5.35. The standard InChI is InChI=1S/C18H25N5O/c1-14-12-17(22-18(20-14)23-10-6-3-7-11-23)21-16(13-24-2)15-8-4-5-9-19-15/h4-5,8-9,12,16H,3,6-7,10-11,13H2,1-2H3,(H,20,21,22)/t16-/m0/s1. The van der Waals surface area contributed by atoms with Gasteiger partial charge in [0.15, 0.2) is 0 Å². The fourth-order valence-electron chi connectivity index (χ4n) is 2.99. The molecule has 3 rings (SSSR count). The van der Waals surface area contributed by atoms with E-state index in [1.165, 1.54) is 19.3 Å². The molecule has 0 aromatic carbocycles. The maximum absolute atomic E-state index is 5.35. The first-order chi connectivity index (χ1) is 11.8. The van der Waals surface area contributed by atoms with Gasteiger partial charge in [0.05, 0.1) is 18.3 Å². The van der Waals surface area contributed by atoms with Gasteiger partial charge in [0.2, 0.25) is 5.95 Å². The Kier molecular flexibility index (Phi) is 5.59. The lowest BCUT2D eigenvalue weighted by atomic mass is 10.1. The Bertz CT molecular complexity index is 643. The minimum atomic E-state index is -0.0419. The van der Waals surface area contributed by atoms with Crippen molar-refractivity contribution in [2.45, 2.75) is 32.2 Å². The Balaban J connectivity index is 1.81. The molecule has 0 aliphatic carbocycles. The number of nitrogens with one attached hydrogen (secondary N) is 1. The summed E-state index contributed by atoms with van der Waals surface area (Å²) in [6, 6.07) is 7.82. The van der Waals surface area contributed by atoms with E-state index in [0.29, 0.717) is 6.61 Å². The van der Waals surface area contributed by atoms with Crippen LogP contribution in [-0.4, -0.2) is 41.8 Å². The number of hydrogen-bond donors (Lipinski definition) is 1. The number of aryl methyl sites for hydroxylation is 1. The van der Waals surface area contributed by atoms with Crippen LogP contribution in [-0.2, 0) is 4.74 Å². The summed E-state index contributed by atoms with van der Waals surface area (Å²) in [5.74, 6) is 1.63. The average molecular weight is 327 g/mol. The predicted octanol–water partition coefficient (Wildman–Crippen LogP) is 2.97. The quantitative estimate of drug-likeness (QED) is 0.880. The van der Waals surface area contributed by atoms with Gasteiger partial charge in [-0.3, -0.25) is 4.98 Å². The number of aromatic nitrogens is 3. The van der Waals surface area contributed by atoms with E-state index in [4.69, 9.17) is 9.72 Å². The van der Waals surface area contributed by atoms with E-state index >= 15 is 0 Å². The zero-order valence-electron chi connectivity index (χ0n) is 14.4. The molecule has 0 bridgehead atoms. The fraction of sp³-hybridized carbons (Fsp3) is 0.500. The van der Waals surface area contributed by atoms with Gasteiger partial charge in [-0.2, -0.15) is 4.98 Å². The molecule has 1 atom stereocenters. The number of methoxy groups -OCH3 is 1. The molecule has 0 saturated carbocycles. The third-order valence-electron chi connectivity index (χ3n) is 4.18. The van der Waals surface area contributed by atoms with Crippen molar-refractivity contribution in [3.05, 3.63) is 41.9 Å². The summed E-state index contributed by atoms with van der Waals surface area (Å²) in [5.41, 5.74) is 1.90. The highest BCUT2D eigenvalue weighted by molar-refractivity contribution is 5.45. The van der Waals surface area contributed by atoms with Gasteiger partial charge in [-0.25, -0.2) is 4.98 Å². The number of nitrogens with zero attached hydrogens (tertiary/aromatic N) is 4. The van der Waals surface area contributed by atoms with Gasteiger partial charge in [0.1, 0.15) is 5.82 Å². The molecule has 1 fully saturated rings. The lowest BCUT2D eigenvalue weighted by Gasteiger charge is -2.27. The topological polar surface area (TPSA) is 63.2 Å². The first-order valence-electron chi connectivity index (χ1n) is 8.53. The smallest absolute Gasteiger partial charge is 0.227 e. The second-order valence-corrected chi connectivity index (χ2v) is 6.15. The number of rotatable bonds is 6. The second kappa shape index (κ2) is 8.06. The van der Waals surface area contributed by atoms with Crippen molar-refractivity contribution >= 4 is 11.8 Å². The zero-order chi connectivity index (χ0) is 16.8. The minimum absolute atomic E-state index is 0.0419. The molecular weight excluding hydrogens is 302 g/mol. The molecule has 1 aliphatic heterocycles. The second-order valence-electron chi connectivity index (χ2n) is 6.15. The van der Waals surface area contributed by atoms with Gasteiger partial charge in [0, 0.05) is 38.2 Å². The molecule has 3 heterocycles. The van der Waals surface area contributed by atoms with E-state index in [0.717, 1.165) is 36.2 Å². The van der Waals surface area contributed by atoms with E-state index in [2.05, 4.69) is 20.2 Å². The van der Waals surface area contributed by atoms with Crippen molar-refractivity contribution in [2.24, 2.45) is 0 Å². The van der Waals surface area contributed by atoms with E-state index in [-0.39, 0.29) is 6.04 Å². The number of ether oxygens (including phenoxy) is 1. The highest BCUT2D eigenvalue weighted by Crippen LogP contribution is 2.21. The van der Waals surface area contributed by atoms with Crippen LogP contribution in [0.2, 0.25) is 0 Å². The van der Waals surface area contributed by atoms with Crippen LogP contribution in [0.15, 0.2) is 30.5 Å². The molecule has 0 unspecified atom stereocenters. The first kappa shape index (κ1) is 16.6. The summed E-state index contributed by atoms with van der Waals surface area (Å²) >= 11 is 0. The van der Waals surface area contributed by atoms with Crippen molar-refractivity contribution in [2.75, 3.05) is 37.0 Å². The highest BCUT2D eigenvalue weighted by Gasteiger charge is 2.17. The van der Waals surface area contributed by atoms with Crippen LogP contribution in [0.4, 0.5) is 11.8 Å². The Morgan fingerprint density at radius 3 is 2.75 bits per heavy atom. The van der Waals surface area contributed by atoms with Gasteiger partial charge in [-0.05, 0) is 38.3 Å². The third kappa shape index (κ3) is 4.20. The van der Waals surface area contributed by atoms with Gasteiger partial charge in [-0.1, -0.05) is 6.07 Å². The molecule has 6 heteroatoms. The van der Waals surface area contributed by atoms with E-state index in [1.807, 2.05) is 31.2 Å². The van der Waals surface area contributed by atoms with Crippen LogP contribution < -0.4 is 10.2 Å². The molecule has 24 heavy (non-hydrogen) atoms. The minimum Gasteiger partial charge on any atom is -0.382 e. The molecule has 128 valence electrons. The molecule has 6 nitrogen and oxygen atoms in total. The SMILES string of the molecule is COC[C@H](Nc1cc(C)nc(N2CCCCC2)n1)c1ccccn1. The Hall–Kier alpha value is -2.21. The largest absolute Gasteiger partial charge is 0.382 e. The molecule has 0 amide bonds. The summed E-state index contributed by atoms with van der Waals surface area (Å²) in [4.78, 5) is 16.0. The Morgan fingerprint density at radius 2 is 2.04 bits per heavy atom. The van der Waals surface area contributed by atoms with Crippen LogP contribution in [0, 0.1) is 6.92 Å². The van der Waals surface area contributed by atoms with Crippen LogP contribution in [0.25, 0.3) is 0 Å². The lowest BCUT2D eigenvalue weighted by molar-refractivity contribution is 0.185. The highest BCUT2D eigenvalue weighted by atomic mass is 16.5. The molecule has 0 spiro atoms. The number of hydrogen-bond acceptors (Lipinski definition) is 6. The fourth-order valence-corrected chi connectivity index (χ4v) is 2.99. The molecule has 2 aromatic rings. The zero-order valence-corrected chi connectivity index (χ0v) is 14.4. The summed E-state index contributed by atoms with van der Waals surface area (Å²) < 4.78 is 5.35. The van der Waals surface area contributed by atoms with Crippen molar-refractivity contribution in [1.82, 2.24) is 15.0 Å². The molecule has 1 N–H and O–H groups in total. The third-order valence-corrected chi connectivity index (χ3v) is 4.18.